The number of amides is 1. The van der Waals surface area contributed by atoms with Crippen LogP contribution < -0.4 is 5.32 Å². The molecule has 28 heavy (non-hydrogen) atoms. The Balaban J connectivity index is 1.91. The number of anilines is 1. The van der Waals surface area contributed by atoms with Crippen molar-refractivity contribution < 1.29 is 28.2 Å². The van der Waals surface area contributed by atoms with Crippen molar-refractivity contribution in [1.82, 2.24) is 0 Å². The van der Waals surface area contributed by atoms with E-state index in [1.807, 2.05) is 0 Å². The van der Waals surface area contributed by atoms with E-state index in [-0.39, 0.29) is 23.3 Å². The largest absolute Gasteiger partial charge is 0.460 e. The molecule has 0 aromatic heterocycles. The first-order valence-electron chi connectivity index (χ1n) is 8.49. The highest BCUT2D eigenvalue weighted by Gasteiger charge is 2.16. The van der Waals surface area contributed by atoms with Crippen LogP contribution in [0.5, 0.6) is 0 Å². The molecule has 0 aliphatic rings. The Hall–Kier alpha value is -2.87. The molecular formula is C20H20FNO5S. The van der Waals surface area contributed by atoms with E-state index in [4.69, 9.17) is 9.47 Å². The average Bonchev–Trinajstić information content (AvgIpc) is 2.66. The highest BCUT2D eigenvalue weighted by Crippen LogP contribution is 2.23. The number of halogens is 1. The van der Waals surface area contributed by atoms with Crippen LogP contribution in [0.2, 0.25) is 0 Å². The Labute approximate surface area is 166 Å². The van der Waals surface area contributed by atoms with Gasteiger partial charge in [0.1, 0.15) is 5.82 Å². The van der Waals surface area contributed by atoms with E-state index < -0.39 is 24.4 Å². The van der Waals surface area contributed by atoms with Gasteiger partial charge < -0.3 is 14.8 Å². The molecular weight excluding hydrogens is 385 g/mol. The van der Waals surface area contributed by atoms with Gasteiger partial charge in [-0.15, -0.1) is 11.8 Å². The van der Waals surface area contributed by atoms with Crippen molar-refractivity contribution in [3.05, 3.63) is 59.9 Å². The van der Waals surface area contributed by atoms with Gasteiger partial charge in [0.2, 0.25) is 5.91 Å². The van der Waals surface area contributed by atoms with Crippen LogP contribution in [0.15, 0.2) is 53.4 Å². The van der Waals surface area contributed by atoms with Crippen LogP contribution in [0.25, 0.3) is 0 Å². The number of nitrogens with one attached hydrogen (secondary N) is 1. The summed E-state index contributed by atoms with van der Waals surface area (Å²) in [6.45, 7) is 2.91. The number of esters is 2. The van der Waals surface area contributed by atoms with Crippen molar-refractivity contribution in [1.29, 1.82) is 0 Å². The summed E-state index contributed by atoms with van der Waals surface area (Å²) < 4.78 is 22.8. The lowest BCUT2D eigenvalue weighted by Crippen LogP contribution is -2.20. The molecule has 0 saturated carbocycles. The third-order valence-corrected chi connectivity index (χ3v) is 4.36. The number of benzene rings is 2. The lowest BCUT2D eigenvalue weighted by molar-refractivity contribution is -0.151. The van der Waals surface area contributed by atoms with Gasteiger partial charge in [-0.1, -0.05) is 12.1 Å². The zero-order chi connectivity index (χ0) is 20.5. The highest BCUT2D eigenvalue weighted by molar-refractivity contribution is 8.00. The van der Waals surface area contributed by atoms with Gasteiger partial charge >= 0.3 is 11.9 Å². The summed E-state index contributed by atoms with van der Waals surface area (Å²) in [7, 11) is 0. The van der Waals surface area contributed by atoms with E-state index in [0.29, 0.717) is 10.6 Å². The minimum atomic E-state index is -0.678. The van der Waals surface area contributed by atoms with Gasteiger partial charge in [0.05, 0.1) is 17.4 Å². The van der Waals surface area contributed by atoms with Crippen molar-refractivity contribution in [2.75, 3.05) is 17.7 Å². The first-order chi connectivity index (χ1) is 13.3. The van der Waals surface area contributed by atoms with Crippen molar-refractivity contribution >= 4 is 35.3 Å². The fraction of sp³-hybridized carbons (Fsp3) is 0.250. The predicted octanol–water partition coefficient (Wildman–Crippen LogP) is 3.66. The molecule has 2 aromatic carbocycles. The standard InChI is InChI=1S/C20H20FNO5S/c1-13(2)27-19(24)11-26-20(25)16-5-3-4-6-17(16)28-12-18(23)22-15-9-7-14(21)8-10-15/h3-10,13H,11-12H2,1-2H3,(H,22,23). The smallest absolute Gasteiger partial charge is 0.344 e. The van der Waals surface area contributed by atoms with E-state index >= 15 is 0 Å². The number of carbonyl (C=O) groups excluding carboxylic acids is 3. The number of hydrogen-bond acceptors (Lipinski definition) is 6. The molecule has 0 fully saturated rings. The minimum absolute atomic E-state index is 0.0388. The molecule has 0 heterocycles. The normalized spacial score (nSPS) is 10.4. The molecule has 148 valence electrons. The van der Waals surface area contributed by atoms with Crippen LogP contribution >= 0.6 is 11.8 Å². The summed E-state index contributed by atoms with van der Waals surface area (Å²) in [6.07, 6.45) is -0.298. The number of thioether (sulfide) groups is 1. The third kappa shape index (κ3) is 7.03. The molecule has 0 aliphatic heterocycles. The Kier molecular flexibility index (Phi) is 8.01. The Morgan fingerprint density at radius 3 is 2.43 bits per heavy atom. The lowest BCUT2D eigenvalue weighted by atomic mass is 10.2. The molecule has 0 spiro atoms. The molecule has 2 rings (SSSR count). The second kappa shape index (κ2) is 10.5. The van der Waals surface area contributed by atoms with Crippen LogP contribution in [-0.2, 0) is 19.1 Å². The van der Waals surface area contributed by atoms with Crippen LogP contribution in [-0.4, -0.2) is 36.3 Å². The topological polar surface area (TPSA) is 81.7 Å². The van der Waals surface area contributed by atoms with Crippen LogP contribution in [0, 0.1) is 5.82 Å². The van der Waals surface area contributed by atoms with E-state index in [9.17, 15) is 18.8 Å². The maximum Gasteiger partial charge on any atom is 0.344 e. The molecule has 1 amide bonds. The van der Waals surface area contributed by atoms with Gasteiger partial charge in [0.25, 0.3) is 0 Å². The number of ether oxygens (including phenoxy) is 2. The summed E-state index contributed by atoms with van der Waals surface area (Å²) in [6, 6.07) is 12.0. The third-order valence-electron chi connectivity index (χ3n) is 3.28. The first kappa shape index (κ1) is 21.4. The maximum atomic E-state index is 12.9. The second-order valence-corrected chi connectivity index (χ2v) is 6.97. The Morgan fingerprint density at radius 1 is 1.07 bits per heavy atom. The predicted molar refractivity (Wildman–Crippen MR) is 104 cm³/mol. The van der Waals surface area contributed by atoms with E-state index in [1.165, 1.54) is 24.3 Å². The van der Waals surface area contributed by atoms with Gasteiger partial charge in [0.15, 0.2) is 6.61 Å². The van der Waals surface area contributed by atoms with Gasteiger partial charge in [-0.25, -0.2) is 14.0 Å². The molecule has 0 bridgehead atoms. The fourth-order valence-electron chi connectivity index (χ4n) is 2.13. The average molecular weight is 405 g/mol. The molecule has 6 nitrogen and oxygen atoms in total. The molecule has 0 atom stereocenters. The summed E-state index contributed by atoms with van der Waals surface area (Å²) in [4.78, 5) is 36.4. The Bertz CT molecular complexity index is 839. The van der Waals surface area contributed by atoms with Gasteiger partial charge in [-0.05, 0) is 50.2 Å². The SMILES string of the molecule is CC(C)OC(=O)COC(=O)c1ccccc1SCC(=O)Nc1ccc(F)cc1. The zero-order valence-corrected chi connectivity index (χ0v) is 16.3. The fourth-order valence-corrected chi connectivity index (χ4v) is 2.97. The number of rotatable bonds is 8. The summed E-state index contributed by atoms with van der Waals surface area (Å²) >= 11 is 1.15. The molecule has 0 saturated heterocycles. The van der Waals surface area contributed by atoms with Gasteiger partial charge in [-0.3, -0.25) is 4.79 Å². The molecule has 0 radical (unpaired) electrons. The first-order valence-corrected chi connectivity index (χ1v) is 9.47. The second-order valence-electron chi connectivity index (χ2n) is 5.95. The monoisotopic (exact) mass is 405 g/mol. The quantitative estimate of drug-likeness (QED) is 0.533. The molecule has 1 N–H and O–H groups in total. The molecule has 2 aromatic rings. The van der Waals surface area contributed by atoms with Gasteiger partial charge in [0, 0.05) is 10.6 Å². The Morgan fingerprint density at radius 2 is 1.75 bits per heavy atom. The van der Waals surface area contributed by atoms with E-state index in [2.05, 4.69) is 5.32 Å². The lowest BCUT2D eigenvalue weighted by Gasteiger charge is -2.11. The van der Waals surface area contributed by atoms with Crippen molar-refractivity contribution in [2.45, 2.75) is 24.8 Å². The van der Waals surface area contributed by atoms with Crippen LogP contribution in [0.4, 0.5) is 10.1 Å². The zero-order valence-electron chi connectivity index (χ0n) is 15.4. The van der Waals surface area contributed by atoms with Crippen molar-refractivity contribution in [3.63, 3.8) is 0 Å². The summed E-state index contributed by atoms with van der Waals surface area (Å²) in [5.41, 5.74) is 0.725. The van der Waals surface area contributed by atoms with E-state index in [0.717, 1.165) is 11.8 Å². The summed E-state index contributed by atoms with van der Waals surface area (Å²) in [5, 5.41) is 2.64. The molecule has 0 aliphatic carbocycles. The van der Waals surface area contributed by atoms with Crippen LogP contribution in [0.1, 0.15) is 24.2 Å². The van der Waals surface area contributed by atoms with Crippen molar-refractivity contribution in [2.24, 2.45) is 0 Å². The number of carbonyl (C=O) groups is 3. The number of hydrogen-bond donors (Lipinski definition) is 1. The van der Waals surface area contributed by atoms with E-state index in [1.54, 1.807) is 38.1 Å². The van der Waals surface area contributed by atoms with Crippen LogP contribution in [0.3, 0.4) is 0 Å². The molecule has 8 heteroatoms. The van der Waals surface area contributed by atoms with Crippen molar-refractivity contribution in [3.8, 4) is 0 Å². The minimum Gasteiger partial charge on any atom is -0.460 e. The van der Waals surface area contributed by atoms with Gasteiger partial charge in [-0.2, -0.15) is 0 Å². The summed E-state index contributed by atoms with van der Waals surface area (Å²) in [5.74, 6) is -1.97. The molecule has 0 unspecified atom stereocenters. The maximum absolute atomic E-state index is 12.9. The highest BCUT2D eigenvalue weighted by atomic mass is 32.2.